The van der Waals surface area contributed by atoms with Crippen LogP contribution in [0.5, 0.6) is 0 Å². The first kappa shape index (κ1) is 37.7. The molecule has 0 aliphatic carbocycles. The minimum absolute atomic E-state index is 0. The molecular formula is HLiMoS2. The molecule has 4 heavy (non-hydrogen) atoms. The third-order valence-corrected chi connectivity index (χ3v) is 0. The zero-order valence-electron chi connectivity index (χ0n) is 3.22. The Morgan fingerprint density at radius 1 is 1.00 bits per heavy atom. The van der Waals surface area contributed by atoms with E-state index in [0.29, 0.717) is 0 Å². The third-order valence-electron chi connectivity index (χ3n) is 0. The van der Waals surface area contributed by atoms with E-state index in [2.05, 4.69) is 0 Å². The number of hydrogen-bond donors (Lipinski definition) is 0. The summed E-state index contributed by atoms with van der Waals surface area (Å²) in [5, 5.41) is 0. The predicted octanol–water partition coefficient (Wildman–Crippen LogP) is -2.89. The van der Waals surface area contributed by atoms with Gasteiger partial charge in [-0.05, 0) is 0 Å². The van der Waals surface area contributed by atoms with E-state index in [9.17, 15) is 0 Å². The van der Waals surface area contributed by atoms with Gasteiger partial charge < -0.3 is 28.4 Å². The summed E-state index contributed by atoms with van der Waals surface area (Å²) < 4.78 is 0. The van der Waals surface area contributed by atoms with Gasteiger partial charge in [0.15, 0.2) is 0 Å². The molecule has 0 nitrogen and oxygen atoms in total. The normalized spacial score (nSPS) is 0. The molecule has 0 amide bonds. The fourth-order valence-corrected chi connectivity index (χ4v) is 0. The molecule has 0 fully saturated rings. The van der Waals surface area contributed by atoms with Crippen molar-refractivity contribution in [1.82, 2.24) is 0 Å². The largest absolute Gasteiger partial charge is 4.00 e. The second kappa shape index (κ2) is 20.1. The van der Waals surface area contributed by atoms with Crippen LogP contribution in [0.4, 0.5) is 0 Å². The van der Waals surface area contributed by atoms with Crippen molar-refractivity contribution < 1.29 is 41.4 Å². The molecule has 0 aromatic heterocycles. The fraction of sp³-hybridized carbons (Fsp3) is 0. The Bertz CT molecular complexity index is 9.61. The van der Waals surface area contributed by atoms with Gasteiger partial charge in [-0.1, -0.05) is 0 Å². The molecule has 0 rings (SSSR count). The topological polar surface area (TPSA) is 0 Å². The summed E-state index contributed by atoms with van der Waals surface area (Å²) in [6.45, 7) is 0. The SMILES string of the molecule is [H-].[Li+].[Mo+4].[S-2].[S-2]. The standard InChI is InChI=1S/Li.Mo.2S.H/q+1;+4;2*-2;-1. The predicted molar refractivity (Wildman–Crippen MR) is 15.8 cm³/mol. The van der Waals surface area contributed by atoms with Crippen molar-refractivity contribution in [2.24, 2.45) is 0 Å². The monoisotopic (exact) mass is 170 g/mol. The van der Waals surface area contributed by atoms with Gasteiger partial charge in [-0.3, -0.25) is 0 Å². The molecule has 0 unspecified atom stereocenters. The van der Waals surface area contributed by atoms with Crippen molar-refractivity contribution in [2.75, 3.05) is 0 Å². The van der Waals surface area contributed by atoms with Gasteiger partial charge in [0.1, 0.15) is 0 Å². The summed E-state index contributed by atoms with van der Waals surface area (Å²) in [4.78, 5) is 0. The van der Waals surface area contributed by atoms with E-state index in [1.807, 2.05) is 0 Å². The van der Waals surface area contributed by atoms with Gasteiger partial charge in [0.25, 0.3) is 0 Å². The molecule has 20 valence electrons. The van der Waals surface area contributed by atoms with Crippen molar-refractivity contribution in [3.63, 3.8) is 0 Å². The molecule has 0 bridgehead atoms. The van der Waals surface area contributed by atoms with E-state index in [1.165, 1.54) is 0 Å². The Morgan fingerprint density at radius 3 is 1.00 bits per heavy atom. The van der Waals surface area contributed by atoms with Crippen LogP contribution in [-0.2, 0) is 48.1 Å². The minimum Gasteiger partial charge on any atom is -2.00 e. The van der Waals surface area contributed by atoms with Crippen LogP contribution in [-0.4, -0.2) is 0 Å². The maximum Gasteiger partial charge on any atom is 4.00 e. The van der Waals surface area contributed by atoms with Crippen molar-refractivity contribution in [1.29, 1.82) is 0 Å². The summed E-state index contributed by atoms with van der Waals surface area (Å²) in [6, 6.07) is 0. The van der Waals surface area contributed by atoms with Crippen molar-refractivity contribution in [2.45, 2.75) is 0 Å². The van der Waals surface area contributed by atoms with Crippen molar-refractivity contribution in [3.8, 4) is 0 Å². The molecule has 0 heterocycles. The van der Waals surface area contributed by atoms with Crippen LogP contribution < -0.4 is 18.9 Å². The van der Waals surface area contributed by atoms with Gasteiger partial charge in [-0.2, -0.15) is 0 Å². The van der Waals surface area contributed by atoms with Gasteiger partial charge in [0.05, 0.1) is 0 Å². The molecule has 0 aliphatic heterocycles. The smallest absolute Gasteiger partial charge is 2.00 e. The van der Waals surface area contributed by atoms with Gasteiger partial charge >= 0.3 is 39.9 Å². The number of rotatable bonds is 0. The Morgan fingerprint density at radius 2 is 1.00 bits per heavy atom. The molecule has 0 aromatic rings. The first-order valence-corrected chi connectivity index (χ1v) is 0. The molecular weight excluding hydrogens is 167 g/mol. The van der Waals surface area contributed by atoms with E-state index in [4.69, 9.17) is 0 Å². The van der Waals surface area contributed by atoms with Crippen molar-refractivity contribution >= 4 is 27.0 Å². The van der Waals surface area contributed by atoms with E-state index >= 15 is 0 Å². The van der Waals surface area contributed by atoms with Crippen LogP contribution in [0.25, 0.3) is 0 Å². The molecule has 0 aromatic carbocycles. The van der Waals surface area contributed by atoms with Crippen LogP contribution in [0.1, 0.15) is 1.43 Å². The molecule has 4 heteroatoms. The van der Waals surface area contributed by atoms with Crippen LogP contribution in [0, 0.1) is 0 Å². The fourth-order valence-electron chi connectivity index (χ4n) is 0. The van der Waals surface area contributed by atoms with E-state index in [1.54, 1.807) is 0 Å². The quantitative estimate of drug-likeness (QED) is 0.340. The van der Waals surface area contributed by atoms with Gasteiger partial charge in [-0.25, -0.2) is 0 Å². The zero-order valence-corrected chi connectivity index (χ0v) is 5.86. The summed E-state index contributed by atoms with van der Waals surface area (Å²) in [7, 11) is 0. The Hall–Kier alpha value is 1.99. The van der Waals surface area contributed by atoms with Gasteiger partial charge in [0.2, 0.25) is 0 Å². The Balaban J connectivity index is 0. The summed E-state index contributed by atoms with van der Waals surface area (Å²) in [5.41, 5.74) is 0. The molecule has 0 saturated heterocycles. The summed E-state index contributed by atoms with van der Waals surface area (Å²) in [5.74, 6) is 0. The van der Waals surface area contributed by atoms with Gasteiger partial charge in [-0.15, -0.1) is 0 Å². The molecule has 0 atom stereocenters. The summed E-state index contributed by atoms with van der Waals surface area (Å²) >= 11 is 0. The van der Waals surface area contributed by atoms with E-state index in [-0.39, 0.29) is 68.3 Å². The second-order valence-corrected chi connectivity index (χ2v) is 0. The number of hydrogen-bond acceptors (Lipinski definition) is 0. The molecule has 0 saturated carbocycles. The molecule has 0 aliphatic rings. The van der Waals surface area contributed by atoms with Crippen LogP contribution in [0.2, 0.25) is 0 Å². The first-order chi connectivity index (χ1) is 0. The molecule has 0 spiro atoms. The third kappa shape index (κ3) is 9.01. The average Bonchev–Trinajstić information content (AvgIpc) is 0. The minimum atomic E-state index is 0. The average molecular weight is 168 g/mol. The van der Waals surface area contributed by atoms with E-state index in [0.717, 1.165) is 0 Å². The maximum atomic E-state index is 0. The van der Waals surface area contributed by atoms with Crippen LogP contribution >= 0.6 is 0 Å². The van der Waals surface area contributed by atoms with E-state index < -0.39 is 0 Å². The zero-order chi connectivity index (χ0) is 0. The Labute approximate surface area is 67.9 Å². The van der Waals surface area contributed by atoms with Crippen LogP contribution in [0.15, 0.2) is 0 Å². The Kier molecular flexibility index (Phi) is 189. The van der Waals surface area contributed by atoms with Crippen LogP contribution in [0.3, 0.4) is 0 Å². The van der Waals surface area contributed by atoms with Crippen molar-refractivity contribution in [3.05, 3.63) is 0 Å². The summed E-state index contributed by atoms with van der Waals surface area (Å²) in [6.07, 6.45) is 0. The maximum absolute atomic E-state index is 0. The first-order valence-electron chi connectivity index (χ1n) is 0. The second-order valence-electron chi connectivity index (χ2n) is 0. The molecule has 0 N–H and O–H groups in total. The van der Waals surface area contributed by atoms with Gasteiger partial charge in [0, 0.05) is 0 Å². The molecule has 0 radical (unpaired) electrons.